The predicted octanol–water partition coefficient (Wildman–Crippen LogP) is 4.16. The lowest BCUT2D eigenvalue weighted by Gasteiger charge is -2.18. The monoisotopic (exact) mass is 378 g/mol. The van der Waals surface area contributed by atoms with Crippen molar-refractivity contribution in [3.8, 4) is 0 Å². The Morgan fingerprint density at radius 3 is 2.40 bits per heavy atom. The van der Waals surface area contributed by atoms with Crippen LogP contribution in [0.2, 0.25) is 10.0 Å². The van der Waals surface area contributed by atoms with Crippen molar-refractivity contribution in [1.82, 2.24) is 10.2 Å². The third-order valence-electron chi connectivity index (χ3n) is 3.75. The molecular formula is C19H20Cl2N2O2. The van der Waals surface area contributed by atoms with Gasteiger partial charge in [0, 0.05) is 42.2 Å². The summed E-state index contributed by atoms with van der Waals surface area (Å²) in [6.45, 7) is 0.906. The summed E-state index contributed by atoms with van der Waals surface area (Å²) in [5.74, 6) is -0.158. The molecule has 0 radical (unpaired) electrons. The van der Waals surface area contributed by atoms with E-state index in [1.807, 2.05) is 24.3 Å². The lowest BCUT2D eigenvalue weighted by atomic mass is 10.2. The summed E-state index contributed by atoms with van der Waals surface area (Å²) in [6, 6.07) is 14.1. The SMILES string of the molecule is CN(Cc1ccccc1Cl)C(=O)CCCNC(=O)c1ccc(Cl)cc1. The van der Waals surface area contributed by atoms with Crippen LogP contribution in [0.1, 0.15) is 28.8 Å². The molecule has 1 N–H and O–H groups in total. The Kier molecular flexibility index (Phi) is 7.29. The summed E-state index contributed by atoms with van der Waals surface area (Å²) < 4.78 is 0. The number of nitrogens with one attached hydrogen (secondary N) is 1. The average Bonchev–Trinajstić information content (AvgIpc) is 2.60. The number of rotatable bonds is 7. The van der Waals surface area contributed by atoms with Gasteiger partial charge in [0.05, 0.1) is 0 Å². The normalized spacial score (nSPS) is 10.4. The van der Waals surface area contributed by atoms with Crippen LogP contribution in [0.5, 0.6) is 0 Å². The van der Waals surface area contributed by atoms with E-state index < -0.39 is 0 Å². The Balaban J connectivity index is 1.72. The van der Waals surface area contributed by atoms with E-state index in [2.05, 4.69) is 5.32 Å². The van der Waals surface area contributed by atoms with Crippen molar-refractivity contribution < 1.29 is 9.59 Å². The second-order valence-corrected chi connectivity index (χ2v) is 6.55. The maximum absolute atomic E-state index is 12.2. The van der Waals surface area contributed by atoms with Crippen LogP contribution in [0, 0.1) is 0 Å². The highest BCUT2D eigenvalue weighted by Crippen LogP contribution is 2.16. The molecular weight excluding hydrogens is 359 g/mol. The summed E-state index contributed by atoms with van der Waals surface area (Å²) in [5.41, 5.74) is 1.46. The minimum Gasteiger partial charge on any atom is -0.352 e. The molecule has 0 saturated heterocycles. The van der Waals surface area contributed by atoms with E-state index in [9.17, 15) is 9.59 Å². The minimum absolute atomic E-state index is 0.0145. The fraction of sp³-hybridized carbons (Fsp3) is 0.263. The topological polar surface area (TPSA) is 49.4 Å². The fourth-order valence-corrected chi connectivity index (χ4v) is 2.63. The number of amides is 2. The zero-order chi connectivity index (χ0) is 18.2. The molecule has 0 unspecified atom stereocenters. The largest absolute Gasteiger partial charge is 0.352 e. The number of carbonyl (C=O) groups excluding carboxylic acids is 2. The predicted molar refractivity (Wildman–Crippen MR) is 101 cm³/mol. The highest BCUT2D eigenvalue weighted by molar-refractivity contribution is 6.31. The summed E-state index contributed by atoms with van der Waals surface area (Å²) in [7, 11) is 1.75. The van der Waals surface area contributed by atoms with Crippen molar-refractivity contribution in [2.75, 3.05) is 13.6 Å². The van der Waals surface area contributed by atoms with Crippen LogP contribution in [0.25, 0.3) is 0 Å². The summed E-state index contributed by atoms with van der Waals surface area (Å²) in [5, 5.41) is 4.03. The maximum atomic E-state index is 12.2. The Morgan fingerprint density at radius 1 is 1.04 bits per heavy atom. The highest BCUT2D eigenvalue weighted by atomic mass is 35.5. The van der Waals surface area contributed by atoms with Gasteiger partial charge < -0.3 is 10.2 Å². The van der Waals surface area contributed by atoms with Gasteiger partial charge in [-0.3, -0.25) is 9.59 Å². The Hall–Kier alpha value is -2.04. The zero-order valence-corrected chi connectivity index (χ0v) is 15.5. The minimum atomic E-state index is -0.173. The van der Waals surface area contributed by atoms with E-state index in [0.717, 1.165) is 5.56 Å². The van der Waals surface area contributed by atoms with Crippen LogP contribution in [0.15, 0.2) is 48.5 Å². The standard InChI is InChI=1S/C19H20Cl2N2O2/c1-23(13-15-5-2-3-6-17(15)21)18(24)7-4-12-22-19(25)14-8-10-16(20)11-9-14/h2-3,5-6,8-11H,4,7,12-13H2,1H3,(H,22,25). The maximum Gasteiger partial charge on any atom is 0.251 e. The van der Waals surface area contributed by atoms with Gasteiger partial charge in [0.1, 0.15) is 0 Å². The van der Waals surface area contributed by atoms with E-state index >= 15 is 0 Å². The molecule has 0 aromatic heterocycles. The average molecular weight is 379 g/mol. The van der Waals surface area contributed by atoms with Gasteiger partial charge in [-0.2, -0.15) is 0 Å². The van der Waals surface area contributed by atoms with Gasteiger partial charge in [0.2, 0.25) is 5.91 Å². The van der Waals surface area contributed by atoms with Crippen molar-refractivity contribution in [2.24, 2.45) is 0 Å². The van der Waals surface area contributed by atoms with Gasteiger partial charge in [-0.15, -0.1) is 0 Å². The first-order valence-corrected chi connectivity index (χ1v) is 8.74. The lowest BCUT2D eigenvalue weighted by Crippen LogP contribution is -2.28. The molecule has 0 aliphatic carbocycles. The summed E-state index contributed by atoms with van der Waals surface area (Å²) in [4.78, 5) is 25.8. The number of carbonyl (C=O) groups is 2. The first-order valence-electron chi connectivity index (χ1n) is 7.98. The molecule has 0 aliphatic rings. The van der Waals surface area contributed by atoms with Crippen LogP contribution < -0.4 is 5.32 Å². The van der Waals surface area contributed by atoms with Crippen molar-refractivity contribution in [3.63, 3.8) is 0 Å². The molecule has 2 amide bonds. The highest BCUT2D eigenvalue weighted by Gasteiger charge is 2.11. The molecule has 0 spiro atoms. The van der Waals surface area contributed by atoms with Crippen LogP contribution in [-0.2, 0) is 11.3 Å². The molecule has 2 aromatic carbocycles. The molecule has 0 atom stereocenters. The third kappa shape index (κ3) is 6.07. The number of halogens is 2. The number of nitrogens with zero attached hydrogens (tertiary/aromatic N) is 1. The van der Waals surface area contributed by atoms with Crippen LogP contribution in [0.4, 0.5) is 0 Å². The molecule has 2 rings (SSSR count). The molecule has 0 aliphatic heterocycles. The van der Waals surface area contributed by atoms with E-state index in [-0.39, 0.29) is 11.8 Å². The number of hydrogen-bond donors (Lipinski definition) is 1. The van der Waals surface area contributed by atoms with E-state index in [0.29, 0.717) is 41.5 Å². The molecule has 6 heteroatoms. The molecule has 0 bridgehead atoms. The molecule has 0 saturated carbocycles. The first-order chi connectivity index (χ1) is 12.0. The molecule has 0 heterocycles. The van der Waals surface area contributed by atoms with Crippen LogP contribution in [0.3, 0.4) is 0 Å². The third-order valence-corrected chi connectivity index (χ3v) is 4.37. The van der Waals surface area contributed by atoms with Crippen molar-refractivity contribution in [1.29, 1.82) is 0 Å². The molecule has 4 nitrogen and oxygen atoms in total. The molecule has 25 heavy (non-hydrogen) atoms. The molecule has 0 fully saturated rings. The van der Waals surface area contributed by atoms with Crippen molar-refractivity contribution in [3.05, 3.63) is 69.7 Å². The van der Waals surface area contributed by atoms with Gasteiger partial charge in [-0.25, -0.2) is 0 Å². The lowest BCUT2D eigenvalue weighted by molar-refractivity contribution is -0.130. The molecule has 2 aromatic rings. The molecule has 132 valence electrons. The van der Waals surface area contributed by atoms with Crippen molar-refractivity contribution in [2.45, 2.75) is 19.4 Å². The zero-order valence-electron chi connectivity index (χ0n) is 14.0. The van der Waals surface area contributed by atoms with Gasteiger partial charge in [-0.1, -0.05) is 41.4 Å². The Bertz CT molecular complexity index is 732. The smallest absolute Gasteiger partial charge is 0.251 e. The van der Waals surface area contributed by atoms with E-state index in [4.69, 9.17) is 23.2 Å². The van der Waals surface area contributed by atoms with Gasteiger partial charge in [0.15, 0.2) is 0 Å². The van der Waals surface area contributed by atoms with Gasteiger partial charge >= 0.3 is 0 Å². The van der Waals surface area contributed by atoms with E-state index in [1.165, 1.54) is 0 Å². The summed E-state index contributed by atoms with van der Waals surface area (Å²) >= 11 is 11.9. The van der Waals surface area contributed by atoms with E-state index in [1.54, 1.807) is 36.2 Å². The van der Waals surface area contributed by atoms with Gasteiger partial charge in [0.25, 0.3) is 5.91 Å². The fourth-order valence-electron chi connectivity index (χ4n) is 2.31. The quantitative estimate of drug-likeness (QED) is 0.735. The Labute approximate surface area is 157 Å². The number of hydrogen-bond acceptors (Lipinski definition) is 2. The second-order valence-electron chi connectivity index (χ2n) is 5.71. The van der Waals surface area contributed by atoms with Gasteiger partial charge in [-0.05, 0) is 42.3 Å². The van der Waals surface area contributed by atoms with Crippen LogP contribution in [-0.4, -0.2) is 30.3 Å². The van der Waals surface area contributed by atoms with Crippen molar-refractivity contribution >= 4 is 35.0 Å². The number of benzene rings is 2. The first kappa shape index (κ1) is 19.3. The Morgan fingerprint density at radius 2 is 1.72 bits per heavy atom. The second kappa shape index (κ2) is 9.44. The van der Waals surface area contributed by atoms with Crippen LogP contribution >= 0.6 is 23.2 Å². The summed E-state index contributed by atoms with van der Waals surface area (Å²) in [6.07, 6.45) is 0.937.